The number of halogens is 2. The van der Waals surface area contributed by atoms with Gasteiger partial charge in [-0.2, -0.15) is 0 Å². The van der Waals surface area contributed by atoms with Gasteiger partial charge < -0.3 is 10.6 Å². The number of hydrogen-bond donors (Lipinski definition) is 2. The number of nitrogens with zero attached hydrogens (tertiary/aromatic N) is 1. The Labute approximate surface area is 250 Å². The number of benzene rings is 4. The van der Waals surface area contributed by atoms with E-state index in [9.17, 15) is 23.6 Å². The molecule has 4 amide bonds. The van der Waals surface area contributed by atoms with Crippen LogP contribution in [0, 0.1) is 5.82 Å². The smallest absolute Gasteiger partial charge is 0.272 e. The van der Waals surface area contributed by atoms with Gasteiger partial charge in [-0.1, -0.05) is 48.0 Å². The van der Waals surface area contributed by atoms with Crippen molar-refractivity contribution in [1.82, 2.24) is 10.2 Å². The lowest BCUT2D eigenvalue weighted by molar-refractivity contribution is -0.113. The summed E-state index contributed by atoms with van der Waals surface area (Å²) in [5.41, 5.74) is 1.34. The summed E-state index contributed by atoms with van der Waals surface area (Å²) in [4.78, 5) is 53.2. The highest BCUT2D eigenvalue weighted by Gasteiger charge is 2.34. The van der Waals surface area contributed by atoms with Crippen LogP contribution in [0.25, 0.3) is 6.08 Å². The fourth-order valence-corrected chi connectivity index (χ4v) is 5.32. The van der Waals surface area contributed by atoms with E-state index in [0.29, 0.717) is 28.1 Å². The SMILES string of the molecule is O=C(Nc1ccc(SCCN2C(=O)c3ccccc3C2=O)cc1)/C(=C/c1c(F)cccc1Cl)NC(=O)c1ccccc1. The molecule has 0 spiro atoms. The molecule has 0 unspecified atom stereocenters. The molecule has 5 rings (SSSR count). The average molecular weight is 600 g/mol. The van der Waals surface area contributed by atoms with Crippen molar-refractivity contribution in [3.8, 4) is 0 Å². The number of fused-ring (bicyclic) bond motifs is 1. The van der Waals surface area contributed by atoms with Crippen LogP contribution in [0.15, 0.2) is 108 Å². The van der Waals surface area contributed by atoms with E-state index in [1.54, 1.807) is 78.9 Å². The first-order valence-electron chi connectivity index (χ1n) is 12.8. The van der Waals surface area contributed by atoms with Gasteiger partial charge in [0.25, 0.3) is 23.6 Å². The van der Waals surface area contributed by atoms with Gasteiger partial charge in [-0.05, 0) is 66.7 Å². The van der Waals surface area contributed by atoms with E-state index in [1.165, 1.54) is 40.9 Å². The molecule has 0 saturated heterocycles. The van der Waals surface area contributed by atoms with Crippen molar-refractivity contribution in [3.63, 3.8) is 0 Å². The molecule has 0 saturated carbocycles. The third kappa shape index (κ3) is 6.43. The van der Waals surface area contributed by atoms with Gasteiger partial charge in [-0.15, -0.1) is 11.8 Å². The van der Waals surface area contributed by atoms with E-state index in [0.717, 1.165) is 4.90 Å². The Morgan fingerprint density at radius 1 is 0.833 bits per heavy atom. The largest absolute Gasteiger partial charge is 0.321 e. The van der Waals surface area contributed by atoms with E-state index in [1.807, 2.05) is 0 Å². The number of thioether (sulfide) groups is 1. The number of amides is 4. The Kier molecular flexibility index (Phi) is 8.80. The molecular weight excluding hydrogens is 577 g/mol. The van der Waals surface area contributed by atoms with Crippen LogP contribution >= 0.6 is 23.4 Å². The minimum absolute atomic E-state index is 0.0394. The second-order valence-corrected chi connectivity index (χ2v) is 10.7. The molecule has 10 heteroatoms. The first-order chi connectivity index (χ1) is 20.3. The minimum atomic E-state index is -0.676. The molecule has 1 heterocycles. The topological polar surface area (TPSA) is 95.6 Å². The predicted octanol–water partition coefficient (Wildman–Crippen LogP) is 6.28. The summed E-state index contributed by atoms with van der Waals surface area (Å²) >= 11 is 7.61. The fraction of sp³-hybridized carbons (Fsp3) is 0.0625. The fourth-order valence-electron chi connectivity index (χ4n) is 4.27. The van der Waals surface area contributed by atoms with Gasteiger partial charge in [0.1, 0.15) is 11.5 Å². The summed E-state index contributed by atoms with van der Waals surface area (Å²) in [6, 6.07) is 26.1. The maximum absolute atomic E-state index is 14.5. The van der Waals surface area contributed by atoms with Crippen molar-refractivity contribution in [3.05, 3.63) is 136 Å². The molecule has 4 aromatic rings. The lowest BCUT2D eigenvalue weighted by Crippen LogP contribution is -2.31. The van der Waals surface area contributed by atoms with E-state index in [4.69, 9.17) is 11.6 Å². The Hall–Kier alpha value is -4.73. The molecule has 1 aliphatic heterocycles. The highest BCUT2D eigenvalue weighted by molar-refractivity contribution is 7.99. The molecule has 0 fully saturated rings. The summed E-state index contributed by atoms with van der Waals surface area (Å²) in [5, 5.41) is 5.35. The van der Waals surface area contributed by atoms with Crippen molar-refractivity contribution in [2.75, 3.05) is 17.6 Å². The quantitative estimate of drug-likeness (QED) is 0.134. The number of hydrogen-bond acceptors (Lipinski definition) is 5. The zero-order valence-corrected chi connectivity index (χ0v) is 23.5. The van der Waals surface area contributed by atoms with Crippen LogP contribution in [0.5, 0.6) is 0 Å². The molecule has 42 heavy (non-hydrogen) atoms. The van der Waals surface area contributed by atoms with E-state index < -0.39 is 17.6 Å². The van der Waals surface area contributed by atoms with Crippen LogP contribution in [-0.4, -0.2) is 40.8 Å². The van der Waals surface area contributed by atoms with E-state index in [-0.39, 0.29) is 34.6 Å². The van der Waals surface area contributed by atoms with Crippen LogP contribution in [0.1, 0.15) is 36.6 Å². The number of carbonyl (C=O) groups is 4. The monoisotopic (exact) mass is 599 g/mol. The number of rotatable bonds is 9. The van der Waals surface area contributed by atoms with Crippen molar-refractivity contribution < 1.29 is 23.6 Å². The van der Waals surface area contributed by atoms with E-state index >= 15 is 0 Å². The van der Waals surface area contributed by atoms with Gasteiger partial charge >= 0.3 is 0 Å². The summed E-state index contributed by atoms with van der Waals surface area (Å²) in [5.74, 6) is -1.98. The standard InChI is InChI=1S/C32H23ClFN3O4S/c33-26-11-6-12-27(34)25(26)19-28(36-29(38)20-7-2-1-3-8-20)30(39)35-21-13-15-22(16-14-21)42-18-17-37-31(40)23-9-4-5-10-24(23)32(37)41/h1-16,19H,17-18H2,(H,35,39)(H,36,38)/b28-19-. The summed E-state index contributed by atoms with van der Waals surface area (Å²) in [7, 11) is 0. The zero-order chi connectivity index (χ0) is 29.6. The Morgan fingerprint density at radius 3 is 2.12 bits per heavy atom. The van der Waals surface area contributed by atoms with Crippen molar-refractivity contribution >= 4 is 58.8 Å². The van der Waals surface area contributed by atoms with Crippen molar-refractivity contribution in [2.24, 2.45) is 0 Å². The highest BCUT2D eigenvalue weighted by Crippen LogP contribution is 2.26. The number of nitrogens with one attached hydrogen (secondary N) is 2. The molecule has 0 aromatic heterocycles. The lowest BCUT2D eigenvalue weighted by Gasteiger charge is -2.14. The van der Waals surface area contributed by atoms with Gasteiger partial charge in [-0.3, -0.25) is 24.1 Å². The molecule has 0 aliphatic carbocycles. The van der Waals surface area contributed by atoms with Gasteiger partial charge in [0.2, 0.25) is 0 Å². The van der Waals surface area contributed by atoms with Crippen LogP contribution < -0.4 is 10.6 Å². The van der Waals surface area contributed by atoms with Gasteiger partial charge in [0, 0.05) is 34.0 Å². The van der Waals surface area contributed by atoms with Gasteiger partial charge in [-0.25, -0.2) is 4.39 Å². The molecule has 4 aromatic carbocycles. The highest BCUT2D eigenvalue weighted by atomic mass is 35.5. The molecule has 0 atom stereocenters. The van der Waals surface area contributed by atoms with Crippen LogP contribution in [0.2, 0.25) is 5.02 Å². The zero-order valence-electron chi connectivity index (χ0n) is 22.0. The molecule has 2 N–H and O–H groups in total. The lowest BCUT2D eigenvalue weighted by atomic mass is 10.1. The molecule has 210 valence electrons. The Morgan fingerprint density at radius 2 is 1.48 bits per heavy atom. The van der Waals surface area contributed by atoms with Crippen LogP contribution in [0.3, 0.4) is 0 Å². The second-order valence-electron chi connectivity index (χ2n) is 9.15. The Balaban J connectivity index is 1.24. The minimum Gasteiger partial charge on any atom is -0.321 e. The number of anilines is 1. The summed E-state index contributed by atoms with van der Waals surface area (Å²) in [6.07, 6.45) is 1.19. The molecule has 1 aliphatic rings. The maximum Gasteiger partial charge on any atom is 0.272 e. The normalized spacial score (nSPS) is 12.7. The average Bonchev–Trinajstić information content (AvgIpc) is 3.24. The third-order valence-electron chi connectivity index (χ3n) is 6.39. The van der Waals surface area contributed by atoms with Crippen molar-refractivity contribution in [2.45, 2.75) is 4.90 Å². The number of carbonyl (C=O) groups excluding carboxylic acids is 4. The molecular formula is C32H23ClFN3O4S. The second kappa shape index (κ2) is 12.8. The van der Waals surface area contributed by atoms with Crippen LogP contribution in [0.4, 0.5) is 10.1 Å². The first-order valence-corrected chi connectivity index (χ1v) is 14.2. The maximum atomic E-state index is 14.5. The van der Waals surface area contributed by atoms with E-state index in [2.05, 4.69) is 10.6 Å². The summed E-state index contributed by atoms with van der Waals surface area (Å²) in [6.45, 7) is 0.253. The Bertz CT molecular complexity index is 1660. The van der Waals surface area contributed by atoms with Gasteiger partial charge in [0.15, 0.2) is 0 Å². The third-order valence-corrected chi connectivity index (χ3v) is 7.71. The van der Waals surface area contributed by atoms with Crippen LogP contribution in [-0.2, 0) is 4.79 Å². The predicted molar refractivity (Wildman–Crippen MR) is 161 cm³/mol. The molecule has 0 bridgehead atoms. The summed E-state index contributed by atoms with van der Waals surface area (Å²) < 4.78 is 14.5. The number of imide groups is 1. The molecule has 0 radical (unpaired) electrons. The first kappa shape index (κ1) is 28.8. The van der Waals surface area contributed by atoms with Gasteiger partial charge in [0.05, 0.1) is 16.1 Å². The molecule has 7 nitrogen and oxygen atoms in total. The van der Waals surface area contributed by atoms with Crippen molar-refractivity contribution in [1.29, 1.82) is 0 Å².